The highest BCUT2D eigenvalue weighted by Crippen LogP contribution is 2.37. The van der Waals surface area contributed by atoms with E-state index in [1.165, 1.54) is 17.7 Å². The van der Waals surface area contributed by atoms with Crippen molar-refractivity contribution in [3.05, 3.63) is 35.6 Å². The fraction of sp³-hybridized carbons (Fsp3) is 0.562. The van der Waals surface area contributed by atoms with E-state index in [0.29, 0.717) is 24.9 Å². The van der Waals surface area contributed by atoms with Crippen molar-refractivity contribution < 1.29 is 13.9 Å². The van der Waals surface area contributed by atoms with Crippen LogP contribution in [0.15, 0.2) is 24.3 Å². The third kappa shape index (κ3) is 4.05. The maximum Gasteiger partial charge on any atom is 0.306 e. The Morgan fingerprint density at radius 1 is 1.32 bits per heavy atom. The van der Waals surface area contributed by atoms with Crippen LogP contribution in [0.1, 0.15) is 50.5 Å². The van der Waals surface area contributed by atoms with Gasteiger partial charge in [0, 0.05) is 6.42 Å². The normalized spacial score (nSPS) is 23.1. The van der Waals surface area contributed by atoms with Gasteiger partial charge in [-0.15, -0.1) is 0 Å². The molecule has 1 saturated carbocycles. The summed E-state index contributed by atoms with van der Waals surface area (Å²) in [5.74, 6) is 0.575. The Morgan fingerprint density at radius 3 is 2.74 bits per heavy atom. The van der Waals surface area contributed by atoms with Crippen molar-refractivity contribution in [2.45, 2.75) is 44.9 Å². The van der Waals surface area contributed by atoms with Gasteiger partial charge >= 0.3 is 5.97 Å². The van der Waals surface area contributed by atoms with Crippen molar-refractivity contribution in [2.75, 3.05) is 6.61 Å². The molecule has 1 aliphatic carbocycles. The van der Waals surface area contributed by atoms with Gasteiger partial charge in [0.05, 0.1) is 6.61 Å². The lowest BCUT2D eigenvalue weighted by atomic mass is 9.77. The second kappa shape index (κ2) is 6.69. The standard InChI is InChI=1S/C16H21FO2/c1-2-19-16(18)11-12-4-3-5-14(10-12)13-6-8-15(17)9-7-13/h6-9,12,14H,2-5,10-11H2,1H3. The molecule has 2 rings (SSSR count). The second-order valence-electron chi connectivity index (χ2n) is 5.29. The molecule has 1 aromatic rings. The van der Waals surface area contributed by atoms with E-state index >= 15 is 0 Å². The van der Waals surface area contributed by atoms with Gasteiger partial charge in [-0.25, -0.2) is 4.39 Å². The lowest BCUT2D eigenvalue weighted by Gasteiger charge is -2.29. The number of benzene rings is 1. The molecule has 0 bridgehead atoms. The van der Waals surface area contributed by atoms with Gasteiger partial charge in [-0.2, -0.15) is 0 Å². The van der Waals surface area contributed by atoms with Gasteiger partial charge in [-0.05, 0) is 55.7 Å². The summed E-state index contributed by atoms with van der Waals surface area (Å²) in [7, 11) is 0. The van der Waals surface area contributed by atoms with Gasteiger partial charge in [0.25, 0.3) is 0 Å². The third-order valence-electron chi connectivity index (χ3n) is 3.88. The van der Waals surface area contributed by atoms with E-state index in [9.17, 15) is 9.18 Å². The van der Waals surface area contributed by atoms with Crippen LogP contribution in [-0.4, -0.2) is 12.6 Å². The molecule has 0 saturated heterocycles. The summed E-state index contributed by atoms with van der Waals surface area (Å²) in [5.41, 5.74) is 1.19. The Hall–Kier alpha value is -1.38. The molecule has 3 heteroatoms. The summed E-state index contributed by atoms with van der Waals surface area (Å²) in [6.45, 7) is 2.28. The highest BCUT2D eigenvalue weighted by atomic mass is 19.1. The van der Waals surface area contributed by atoms with Gasteiger partial charge in [-0.1, -0.05) is 18.6 Å². The zero-order valence-electron chi connectivity index (χ0n) is 11.4. The van der Waals surface area contributed by atoms with Gasteiger partial charge in [-0.3, -0.25) is 4.79 Å². The molecule has 1 aromatic carbocycles. The molecule has 0 aromatic heterocycles. The van der Waals surface area contributed by atoms with Crippen LogP contribution in [-0.2, 0) is 9.53 Å². The number of halogens is 1. The largest absolute Gasteiger partial charge is 0.466 e. The van der Waals surface area contributed by atoms with Crippen LogP contribution < -0.4 is 0 Å². The third-order valence-corrected chi connectivity index (χ3v) is 3.88. The minimum absolute atomic E-state index is 0.0905. The van der Waals surface area contributed by atoms with Crippen LogP contribution in [0.4, 0.5) is 4.39 Å². The second-order valence-corrected chi connectivity index (χ2v) is 5.29. The highest BCUT2D eigenvalue weighted by Gasteiger charge is 2.25. The van der Waals surface area contributed by atoms with Crippen molar-refractivity contribution in [1.29, 1.82) is 0 Å². The maximum absolute atomic E-state index is 12.9. The molecule has 0 spiro atoms. The van der Waals surface area contributed by atoms with Crippen molar-refractivity contribution in [3.8, 4) is 0 Å². The lowest BCUT2D eigenvalue weighted by Crippen LogP contribution is -2.18. The number of hydrogen-bond acceptors (Lipinski definition) is 2. The Morgan fingerprint density at radius 2 is 2.05 bits per heavy atom. The van der Waals surface area contributed by atoms with Crippen molar-refractivity contribution in [1.82, 2.24) is 0 Å². The summed E-state index contributed by atoms with van der Waals surface area (Å²) < 4.78 is 17.9. The molecule has 0 N–H and O–H groups in total. The zero-order valence-corrected chi connectivity index (χ0v) is 11.4. The maximum atomic E-state index is 12.9. The first kappa shape index (κ1) is 14.0. The van der Waals surface area contributed by atoms with E-state index in [-0.39, 0.29) is 11.8 Å². The summed E-state index contributed by atoms with van der Waals surface area (Å²) in [6, 6.07) is 6.77. The van der Waals surface area contributed by atoms with Gasteiger partial charge < -0.3 is 4.74 Å². The van der Waals surface area contributed by atoms with E-state index in [1.807, 2.05) is 19.1 Å². The molecule has 0 aliphatic heterocycles. The number of rotatable bonds is 4. The van der Waals surface area contributed by atoms with Crippen LogP contribution >= 0.6 is 0 Å². The molecule has 104 valence electrons. The van der Waals surface area contributed by atoms with Crippen LogP contribution in [0.25, 0.3) is 0 Å². The molecule has 19 heavy (non-hydrogen) atoms. The number of hydrogen-bond donors (Lipinski definition) is 0. The van der Waals surface area contributed by atoms with E-state index in [4.69, 9.17) is 4.74 Å². The predicted molar refractivity (Wildman–Crippen MR) is 72.3 cm³/mol. The molecule has 0 heterocycles. The topological polar surface area (TPSA) is 26.3 Å². The van der Waals surface area contributed by atoms with Gasteiger partial charge in [0.2, 0.25) is 0 Å². The van der Waals surface area contributed by atoms with Crippen molar-refractivity contribution in [2.24, 2.45) is 5.92 Å². The van der Waals surface area contributed by atoms with Crippen LogP contribution in [0.5, 0.6) is 0 Å². The molecule has 0 amide bonds. The first-order valence-corrected chi connectivity index (χ1v) is 7.10. The Balaban J connectivity index is 1.93. The average Bonchev–Trinajstić information content (AvgIpc) is 2.40. The van der Waals surface area contributed by atoms with Crippen LogP contribution in [0, 0.1) is 11.7 Å². The van der Waals surface area contributed by atoms with E-state index in [0.717, 1.165) is 25.7 Å². The lowest BCUT2D eigenvalue weighted by molar-refractivity contribution is -0.144. The zero-order chi connectivity index (χ0) is 13.7. The molecule has 2 unspecified atom stereocenters. The molecule has 1 fully saturated rings. The number of carbonyl (C=O) groups excluding carboxylic acids is 1. The summed E-state index contributed by atoms with van der Waals surface area (Å²) in [6.07, 6.45) is 4.88. The number of esters is 1. The molecular weight excluding hydrogens is 243 g/mol. The molecule has 2 nitrogen and oxygen atoms in total. The van der Waals surface area contributed by atoms with E-state index in [1.54, 1.807) is 0 Å². The van der Waals surface area contributed by atoms with Gasteiger partial charge in [0.15, 0.2) is 0 Å². The Bertz CT molecular complexity index is 413. The number of ether oxygens (including phenoxy) is 1. The first-order chi connectivity index (χ1) is 9.19. The fourth-order valence-corrected chi connectivity index (χ4v) is 2.97. The number of carbonyl (C=O) groups is 1. The summed E-state index contributed by atoms with van der Waals surface area (Å²) >= 11 is 0. The fourth-order valence-electron chi connectivity index (χ4n) is 2.97. The molecule has 2 atom stereocenters. The Labute approximate surface area is 114 Å². The molecular formula is C16H21FO2. The first-order valence-electron chi connectivity index (χ1n) is 7.10. The quantitative estimate of drug-likeness (QED) is 0.767. The summed E-state index contributed by atoms with van der Waals surface area (Å²) in [4.78, 5) is 11.5. The smallest absolute Gasteiger partial charge is 0.306 e. The average molecular weight is 264 g/mol. The van der Waals surface area contributed by atoms with E-state index in [2.05, 4.69) is 0 Å². The Kier molecular flexibility index (Phi) is 4.94. The van der Waals surface area contributed by atoms with Gasteiger partial charge in [0.1, 0.15) is 5.82 Å². The van der Waals surface area contributed by atoms with E-state index < -0.39 is 0 Å². The van der Waals surface area contributed by atoms with Crippen molar-refractivity contribution in [3.63, 3.8) is 0 Å². The van der Waals surface area contributed by atoms with Crippen LogP contribution in [0.2, 0.25) is 0 Å². The van der Waals surface area contributed by atoms with Crippen molar-refractivity contribution >= 4 is 5.97 Å². The molecule has 1 aliphatic rings. The van der Waals surface area contributed by atoms with Crippen LogP contribution in [0.3, 0.4) is 0 Å². The summed E-state index contributed by atoms with van der Waals surface area (Å²) in [5, 5.41) is 0. The predicted octanol–water partition coefficient (Wildman–Crippen LogP) is 4.05. The minimum Gasteiger partial charge on any atom is -0.466 e. The molecule has 0 radical (unpaired) electrons. The monoisotopic (exact) mass is 264 g/mol. The minimum atomic E-state index is -0.192. The highest BCUT2D eigenvalue weighted by molar-refractivity contribution is 5.69. The SMILES string of the molecule is CCOC(=O)CC1CCCC(c2ccc(F)cc2)C1.